The van der Waals surface area contributed by atoms with E-state index in [-0.39, 0.29) is 29.8 Å². The molecule has 2 heterocycles. The van der Waals surface area contributed by atoms with Gasteiger partial charge < -0.3 is 15.2 Å². The van der Waals surface area contributed by atoms with Crippen molar-refractivity contribution in [1.82, 2.24) is 21.2 Å². The maximum absolute atomic E-state index is 12.3. The third kappa shape index (κ3) is 4.68. The molecule has 3 unspecified atom stereocenters. The van der Waals surface area contributed by atoms with Crippen LogP contribution >= 0.6 is 0 Å². The van der Waals surface area contributed by atoms with E-state index in [0.29, 0.717) is 18.7 Å². The van der Waals surface area contributed by atoms with Crippen molar-refractivity contribution in [3.63, 3.8) is 0 Å². The van der Waals surface area contributed by atoms with E-state index in [2.05, 4.69) is 21.2 Å². The van der Waals surface area contributed by atoms with Crippen LogP contribution in [-0.4, -0.2) is 34.7 Å². The summed E-state index contributed by atoms with van der Waals surface area (Å²) < 4.78 is 5.69. The third-order valence-electron chi connectivity index (χ3n) is 4.05. The Bertz CT molecular complexity index is 693. The Morgan fingerprint density at radius 3 is 2.88 bits per heavy atom. The van der Waals surface area contributed by atoms with E-state index in [1.54, 1.807) is 30.6 Å². The smallest absolute Gasteiger partial charge is 0.238 e. The van der Waals surface area contributed by atoms with Crippen LogP contribution in [0.2, 0.25) is 0 Å². The minimum atomic E-state index is -0.315. The van der Waals surface area contributed by atoms with Gasteiger partial charge in [0.15, 0.2) is 0 Å². The Kier molecular flexibility index (Phi) is 5.47. The summed E-state index contributed by atoms with van der Waals surface area (Å²) in [6, 6.07) is 10.3. The zero-order valence-electron chi connectivity index (χ0n) is 14.0. The van der Waals surface area contributed by atoms with Crippen LogP contribution in [0.1, 0.15) is 24.9 Å². The van der Waals surface area contributed by atoms with Gasteiger partial charge in [-0.15, -0.1) is 0 Å². The monoisotopic (exact) mass is 342 g/mol. The molecule has 7 heteroatoms. The zero-order valence-corrected chi connectivity index (χ0v) is 14.0. The number of benzene rings is 1. The van der Waals surface area contributed by atoms with Crippen LogP contribution in [0.15, 0.2) is 48.8 Å². The lowest BCUT2D eigenvalue weighted by molar-refractivity contribution is -0.123. The largest absolute Gasteiger partial charge is 0.508 e. The Hall–Kier alpha value is -2.64. The molecule has 1 fully saturated rings. The molecule has 0 bridgehead atoms. The molecule has 25 heavy (non-hydrogen) atoms. The van der Waals surface area contributed by atoms with Gasteiger partial charge in [-0.2, -0.15) is 0 Å². The number of amides is 1. The molecule has 0 spiro atoms. The minimum Gasteiger partial charge on any atom is -0.508 e. The van der Waals surface area contributed by atoms with Gasteiger partial charge in [-0.25, -0.2) is 10.9 Å². The molecule has 0 radical (unpaired) electrons. The summed E-state index contributed by atoms with van der Waals surface area (Å²) in [6.45, 7) is 2.31. The lowest BCUT2D eigenvalue weighted by Crippen LogP contribution is -2.45. The molecular formula is C18H22N4O3. The second-order valence-electron chi connectivity index (χ2n) is 6.08. The van der Waals surface area contributed by atoms with Crippen molar-refractivity contribution in [2.45, 2.75) is 31.5 Å². The number of carbonyl (C=O) groups excluding carboxylic acids is 1. The summed E-state index contributed by atoms with van der Waals surface area (Å²) in [4.78, 5) is 16.3. The second kappa shape index (κ2) is 7.96. The first kappa shape index (κ1) is 17.2. The van der Waals surface area contributed by atoms with Crippen molar-refractivity contribution in [3.05, 3.63) is 54.4 Å². The zero-order chi connectivity index (χ0) is 17.6. The SMILES string of the molecule is CC(CNC(=O)C1CC(c2ccc(O)cc2)NN1)Oc1cccnc1. The van der Waals surface area contributed by atoms with E-state index < -0.39 is 0 Å². The minimum absolute atomic E-state index is 0.0282. The normalized spacial score (nSPS) is 20.8. The molecule has 2 aromatic rings. The maximum Gasteiger partial charge on any atom is 0.238 e. The summed E-state index contributed by atoms with van der Waals surface area (Å²) in [7, 11) is 0. The Morgan fingerprint density at radius 1 is 1.36 bits per heavy atom. The molecule has 1 saturated heterocycles. The van der Waals surface area contributed by atoms with Crippen molar-refractivity contribution in [2.75, 3.05) is 6.54 Å². The number of aromatic nitrogens is 1. The average molecular weight is 342 g/mol. The topological polar surface area (TPSA) is 95.5 Å². The number of hydrazine groups is 1. The van der Waals surface area contributed by atoms with Crippen LogP contribution in [0.3, 0.4) is 0 Å². The fourth-order valence-corrected chi connectivity index (χ4v) is 2.71. The van der Waals surface area contributed by atoms with Gasteiger partial charge in [0.1, 0.15) is 23.6 Å². The van der Waals surface area contributed by atoms with Gasteiger partial charge in [-0.05, 0) is 43.2 Å². The second-order valence-corrected chi connectivity index (χ2v) is 6.08. The highest BCUT2D eigenvalue weighted by Gasteiger charge is 2.30. The Morgan fingerprint density at radius 2 is 2.16 bits per heavy atom. The summed E-state index contributed by atoms with van der Waals surface area (Å²) in [6.07, 6.45) is 3.80. The van der Waals surface area contributed by atoms with E-state index in [0.717, 1.165) is 5.56 Å². The summed E-state index contributed by atoms with van der Waals surface area (Å²) in [5.74, 6) is 0.833. The average Bonchev–Trinajstić information content (AvgIpc) is 3.11. The van der Waals surface area contributed by atoms with Crippen LogP contribution in [-0.2, 0) is 4.79 Å². The molecule has 3 rings (SSSR count). The quantitative estimate of drug-likeness (QED) is 0.632. The molecule has 0 saturated carbocycles. The first-order valence-corrected chi connectivity index (χ1v) is 8.26. The van der Waals surface area contributed by atoms with Crippen molar-refractivity contribution in [2.24, 2.45) is 0 Å². The first-order chi connectivity index (χ1) is 12.1. The molecule has 1 amide bonds. The summed E-state index contributed by atoms with van der Waals surface area (Å²) >= 11 is 0. The predicted molar refractivity (Wildman–Crippen MR) is 92.9 cm³/mol. The molecule has 1 aliphatic rings. The van der Waals surface area contributed by atoms with E-state index in [1.807, 2.05) is 25.1 Å². The van der Waals surface area contributed by atoms with Crippen molar-refractivity contribution in [1.29, 1.82) is 0 Å². The molecule has 3 atom stereocenters. The number of rotatable bonds is 6. The van der Waals surface area contributed by atoms with Crippen LogP contribution < -0.4 is 20.9 Å². The van der Waals surface area contributed by atoms with Crippen LogP contribution in [0, 0.1) is 0 Å². The maximum atomic E-state index is 12.3. The number of carbonyl (C=O) groups is 1. The standard InChI is InChI=1S/C18H22N4O3/c1-12(25-15-3-2-8-19-11-15)10-20-18(24)17-9-16(21-22-17)13-4-6-14(23)7-5-13/h2-8,11-12,16-17,21-23H,9-10H2,1H3,(H,20,24). The van der Waals surface area contributed by atoms with Gasteiger partial charge in [-0.3, -0.25) is 9.78 Å². The number of hydrogen-bond acceptors (Lipinski definition) is 6. The highest BCUT2D eigenvalue weighted by Crippen LogP contribution is 2.23. The molecule has 1 aliphatic heterocycles. The fraction of sp³-hybridized carbons (Fsp3) is 0.333. The number of aromatic hydroxyl groups is 1. The van der Waals surface area contributed by atoms with Crippen molar-refractivity contribution >= 4 is 5.91 Å². The molecule has 7 nitrogen and oxygen atoms in total. The number of nitrogens with one attached hydrogen (secondary N) is 3. The Balaban J connectivity index is 1.45. The van der Waals surface area contributed by atoms with E-state index in [9.17, 15) is 9.90 Å². The van der Waals surface area contributed by atoms with Crippen molar-refractivity contribution < 1.29 is 14.6 Å². The summed E-state index contributed by atoms with van der Waals surface area (Å²) in [5, 5.41) is 12.3. The van der Waals surface area contributed by atoms with Crippen LogP contribution in [0.4, 0.5) is 0 Å². The lowest BCUT2D eigenvalue weighted by atomic mass is 10.0. The van der Waals surface area contributed by atoms with Gasteiger partial charge in [0, 0.05) is 12.2 Å². The number of pyridine rings is 1. The number of ether oxygens (including phenoxy) is 1. The predicted octanol–water partition coefficient (Wildman–Crippen LogP) is 1.28. The lowest BCUT2D eigenvalue weighted by Gasteiger charge is -2.16. The van der Waals surface area contributed by atoms with Crippen LogP contribution in [0.25, 0.3) is 0 Å². The Labute approximate surface area is 146 Å². The van der Waals surface area contributed by atoms with E-state index in [1.165, 1.54) is 0 Å². The van der Waals surface area contributed by atoms with E-state index >= 15 is 0 Å². The molecule has 1 aromatic carbocycles. The fourth-order valence-electron chi connectivity index (χ4n) is 2.71. The van der Waals surface area contributed by atoms with Gasteiger partial charge in [-0.1, -0.05) is 12.1 Å². The highest BCUT2D eigenvalue weighted by atomic mass is 16.5. The van der Waals surface area contributed by atoms with Crippen LogP contribution in [0.5, 0.6) is 11.5 Å². The number of phenols is 1. The number of hydrogen-bond donors (Lipinski definition) is 4. The highest BCUT2D eigenvalue weighted by molar-refractivity contribution is 5.82. The third-order valence-corrected chi connectivity index (χ3v) is 4.05. The number of nitrogens with zero attached hydrogens (tertiary/aromatic N) is 1. The van der Waals surface area contributed by atoms with Gasteiger partial charge >= 0.3 is 0 Å². The summed E-state index contributed by atoms with van der Waals surface area (Å²) in [5.41, 5.74) is 7.16. The van der Waals surface area contributed by atoms with Gasteiger partial charge in [0.05, 0.1) is 12.7 Å². The molecule has 4 N–H and O–H groups in total. The van der Waals surface area contributed by atoms with Crippen molar-refractivity contribution in [3.8, 4) is 11.5 Å². The first-order valence-electron chi connectivity index (χ1n) is 8.26. The molecular weight excluding hydrogens is 320 g/mol. The van der Waals surface area contributed by atoms with Gasteiger partial charge in [0.25, 0.3) is 0 Å². The van der Waals surface area contributed by atoms with E-state index in [4.69, 9.17) is 4.74 Å². The molecule has 132 valence electrons. The molecule has 1 aromatic heterocycles. The molecule has 0 aliphatic carbocycles. The number of phenolic OH excluding ortho intramolecular Hbond substituents is 1. The van der Waals surface area contributed by atoms with Gasteiger partial charge in [0.2, 0.25) is 5.91 Å².